The number of carbonyl (C=O) groups excluding carboxylic acids is 1. The maximum Gasteiger partial charge on any atom is 0.329 e. The van der Waals surface area contributed by atoms with Gasteiger partial charge in [-0.25, -0.2) is 4.79 Å². The van der Waals surface area contributed by atoms with E-state index in [-0.39, 0.29) is 24.7 Å². The first-order valence-corrected chi connectivity index (χ1v) is 8.84. The van der Waals surface area contributed by atoms with Crippen molar-refractivity contribution in [3.8, 4) is 0 Å². The van der Waals surface area contributed by atoms with Gasteiger partial charge in [0.25, 0.3) is 5.91 Å². The molecule has 3 rings (SSSR count). The zero-order valence-electron chi connectivity index (χ0n) is 12.9. The molecule has 2 N–H and O–H groups in total. The lowest BCUT2D eigenvalue weighted by Gasteiger charge is -2.31. The second-order valence-corrected chi connectivity index (χ2v) is 6.84. The van der Waals surface area contributed by atoms with Crippen LogP contribution in [0, 0.1) is 0 Å². The molecule has 0 aromatic carbocycles. The number of aliphatic carboxylic acids is 1. The van der Waals surface area contributed by atoms with E-state index in [1.165, 1.54) is 28.9 Å². The molecule has 2 aliphatic rings. The number of amides is 1. The lowest BCUT2D eigenvalue weighted by Crippen LogP contribution is -2.51. The number of fused-ring (bicyclic) bond motifs is 1. The first-order chi connectivity index (χ1) is 11.1. The Kier molecular flexibility index (Phi) is 5.30. The van der Waals surface area contributed by atoms with Gasteiger partial charge in [0.05, 0.1) is 23.6 Å². The van der Waals surface area contributed by atoms with E-state index in [1.54, 1.807) is 0 Å². The van der Waals surface area contributed by atoms with Crippen LogP contribution in [0.15, 0.2) is 5.38 Å². The molecule has 1 aromatic heterocycles. The minimum absolute atomic E-state index is 0.0995. The Bertz CT molecular complexity index is 585. The minimum Gasteiger partial charge on any atom is -0.480 e. The minimum atomic E-state index is -1.01. The monoisotopic (exact) mass is 339 g/mol. The van der Waals surface area contributed by atoms with Gasteiger partial charge in [-0.15, -0.1) is 11.3 Å². The van der Waals surface area contributed by atoms with Crippen LogP contribution >= 0.6 is 11.3 Å². The highest BCUT2D eigenvalue weighted by Gasteiger charge is 2.30. The Morgan fingerprint density at radius 2 is 2.22 bits per heavy atom. The third-order valence-electron chi connectivity index (χ3n) is 4.34. The summed E-state index contributed by atoms with van der Waals surface area (Å²) in [7, 11) is 0. The Morgan fingerprint density at radius 3 is 3.04 bits per heavy atom. The van der Waals surface area contributed by atoms with Gasteiger partial charge in [0.15, 0.2) is 0 Å². The van der Waals surface area contributed by atoms with Gasteiger partial charge >= 0.3 is 5.97 Å². The number of thiophene rings is 1. The molecule has 2 atom stereocenters. The van der Waals surface area contributed by atoms with Crippen molar-refractivity contribution >= 4 is 23.2 Å². The van der Waals surface area contributed by atoms with Crippen LogP contribution in [0.2, 0.25) is 0 Å². The van der Waals surface area contributed by atoms with E-state index in [4.69, 9.17) is 14.6 Å². The van der Waals surface area contributed by atoms with Gasteiger partial charge in [0, 0.05) is 6.61 Å². The molecular weight excluding hydrogens is 318 g/mol. The number of rotatable bonds is 5. The molecule has 0 unspecified atom stereocenters. The molecular formula is C16H21NO5S. The quantitative estimate of drug-likeness (QED) is 0.851. The highest BCUT2D eigenvalue weighted by atomic mass is 32.1. The number of hydrogen-bond donors (Lipinski definition) is 2. The SMILES string of the molecule is O=C(O)CO[C@H]1CCOC[C@H]1NC(=O)c1scc2c1CCCC2. The van der Waals surface area contributed by atoms with Crippen LogP contribution < -0.4 is 5.32 Å². The fourth-order valence-electron chi connectivity index (χ4n) is 3.17. The highest BCUT2D eigenvalue weighted by molar-refractivity contribution is 7.12. The molecule has 1 aliphatic heterocycles. The van der Waals surface area contributed by atoms with E-state index in [9.17, 15) is 9.59 Å². The summed E-state index contributed by atoms with van der Waals surface area (Å²) in [6.07, 6.45) is 4.59. The molecule has 0 spiro atoms. The fourth-order valence-corrected chi connectivity index (χ4v) is 4.24. The van der Waals surface area contributed by atoms with E-state index in [0.29, 0.717) is 19.6 Å². The van der Waals surface area contributed by atoms with Gasteiger partial charge in [0.1, 0.15) is 6.61 Å². The summed E-state index contributed by atoms with van der Waals surface area (Å²) in [4.78, 5) is 24.1. The Balaban J connectivity index is 1.65. The molecule has 126 valence electrons. The van der Waals surface area contributed by atoms with Crippen LogP contribution in [0.1, 0.15) is 40.1 Å². The van der Waals surface area contributed by atoms with Crippen LogP contribution in [0.3, 0.4) is 0 Å². The summed E-state index contributed by atoms with van der Waals surface area (Å²) in [6.45, 7) is 0.514. The van der Waals surface area contributed by atoms with E-state index in [0.717, 1.165) is 24.1 Å². The van der Waals surface area contributed by atoms with Crippen molar-refractivity contribution in [1.82, 2.24) is 5.32 Å². The maximum atomic E-state index is 12.6. The van der Waals surface area contributed by atoms with Crippen molar-refractivity contribution in [2.24, 2.45) is 0 Å². The first-order valence-electron chi connectivity index (χ1n) is 7.96. The standard InChI is InChI=1S/C16H21NO5S/c18-14(19)8-22-13-5-6-21-7-12(13)17-16(20)15-11-4-2-1-3-10(11)9-23-15/h9,12-13H,1-8H2,(H,17,20)(H,18,19)/t12-,13+/m1/s1. The molecule has 1 saturated heterocycles. The maximum absolute atomic E-state index is 12.6. The molecule has 0 saturated carbocycles. The van der Waals surface area contributed by atoms with Crippen LogP contribution in [0.4, 0.5) is 0 Å². The number of carboxylic acid groups (broad SMARTS) is 1. The number of hydrogen-bond acceptors (Lipinski definition) is 5. The van der Waals surface area contributed by atoms with Gasteiger partial charge in [0.2, 0.25) is 0 Å². The largest absolute Gasteiger partial charge is 0.480 e. The third kappa shape index (κ3) is 3.91. The van der Waals surface area contributed by atoms with Gasteiger partial charge in [-0.3, -0.25) is 4.79 Å². The van der Waals surface area contributed by atoms with E-state index in [1.807, 2.05) is 0 Å². The summed E-state index contributed by atoms with van der Waals surface area (Å²) in [5.74, 6) is -1.11. The Hall–Kier alpha value is -1.44. The number of ether oxygens (including phenoxy) is 2. The van der Waals surface area contributed by atoms with E-state index in [2.05, 4.69) is 10.7 Å². The molecule has 23 heavy (non-hydrogen) atoms. The Labute approximate surface area is 138 Å². The van der Waals surface area contributed by atoms with Crippen molar-refractivity contribution < 1.29 is 24.2 Å². The van der Waals surface area contributed by atoms with Crippen molar-refractivity contribution in [1.29, 1.82) is 0 Å². The zero-order chi connectivity index (χ0) is 16.2. The number of carboxylic acids is 1. The van der Waals surface area contributed by atoms with Crippen molar-refractivity contribution in [2.75, 3.05) is 19.8 Å². The van der Waals surface area contributed by atoms with Crippen LogP contribution in [-0.4, -0.2) is 48.9 Å². The summed E-state index contributed by atoms with van der Waals surface area (Å²) in [5, 5.41) is 13.8. The fraction of sp³-hybridized carbons (Fsp3) is 0.625. The molecule has 6 nitrogen and oxygen atoms in total. The summed E-state index contributed by atoms with van der Waals surface area (Å²) in [6, 6.07) is -0.308. The number of aryl methyl sites for hydroxylation is 1. The summed E-state index contributed by atoms with van der Waals surface area (Å²) >= 11 is 1.49. The van der Waals surface area contributed by atoms with Crippen LogP contribution in [0.5, 0.6) is 0 Å². The van der Waals surface area contributed by atoms with Gasteiger partial charge in [-0.2, -0.15) is 0 Å². The Morgan fingerprint density at radius 1 is 1.39 bits per heavy atom. The van der Waals surface area contributed by atoms with Gasteiger partial charge < -0.3 is 19.9 Å². The molecule has 1 aliphatic carbocycles. The predicted molar refractivity (Wildman–Crippen MR) is 85.0 cm³/mol. The predicted octanol–water partition coefficient (Wildman–Crippen LogP) is 1.62. The van der Waals surface area contributed by atoms with Gasteiger partial charge in [-0.05, 0) is 48.6 Å². The van der Waals surface area contributed by atoms with Crippen molar-refractivity contribution in [2.45, 2.75) is 44.2 Å². The highest BCUT2D eigenvalue weighted by Crippen LogP contribution is 2.30. The zero-order valence-corrected chi connectivity index (χ0v) is 13.7. The average Bonchev–Trinajstić information content (AvgIpc) is 2.98. The lowest BCUT2D eigenvalue weighted by atomic mass is 9.93. The van der Waals surface area contributed by atoms with Crippen LogP contribution in [-0.2, 0) is 27.1 Å². The third-order valence-corrected chi connectivity index (χ3v) is 5.41. The van der Waals surface area contributed by atoms with Gasteiger partial charge in [-0.1, -0.05) is 0 Å². The molecule has 1 fully saturated rings. The summed E-state index contributed by atoms with van der Waals surface area (Å²) < 4.78 is 10.8. The van der Waals surface area contributed by atoms with Crippen LogP contribution in [0.25, 0.3) is 0 Å². The molecule has 2 heterocycles. The molecule has 0 bridgehead atoms. The van der Waals surface area contributed by atoms with Crippen molar-refractivity contribution in [3.05, 3.63) is 21.4 Å². The molecule has 1 aromatic rings. The molecule has 7 heteroatoms. The molecule has 1 amide bonds. The smallest absolute Gasteiger partial charge is 0.329 e. The second kappa shape index (κ2) is 7.42. The van der Waals surface area contributed by atoms with E-state index < -0.39 is 5.97 Å². The number of nitrogens with one attached hydrogen (secondary N) is 1. The van der Waals surface area contributed by atoms with E-state index >= 15 is 0 Å². The molecule has 0 radical (unpaired) electrons. The second-order valence-electron chi connectivity index (χ2n) is 5.96. The summed E-state index contributed by atoms with van der Waals surface area (Å²) in [5.41, 5.74) is 2.48. The normalized spacial score (nSPS) is 24.0. The van der Waals surface area contributed by atoms with Crippen molar-refractivity contribution in [3.63, 3.8) is 0 Å². The first kappa shape index (κ1) is 16.4. The number of carbonyl (C=O) groups is 2. The topological polar surface area (TPSA) is 84.9 Å². The lowest BCUT2D eigenvalue weighted by molar-refractivity contribution is -0.147. The average molecular weight is 339 g/mol.